The molecule has 0 saturated carbocycles. The number of benzene rings is 2. The van der Waals surface area contributed by atoms with Gasteiger partial charge in [0.1, 0.15) is 0 Å². The molecule has 0 bridgehead atoms. The summed E-state index contributed by atoms with van der Waals surface area (Å²) in [5.41, 5.74) is 3.51. The van der Waals surface area contributed by atoms with E-state index in [1.54, 1.807) is 30.3 Å². The van der Waals surface area contributed by atoms with Crippen LogP contribution in [0.3, 0.4) is 0 Å². The lowest BCUT2D eigenvalue weighted by molar-refractivity contribution is 0.0984. The minimum absolute atomic E-state index is 0.00622. The molecule has 0 atom stereocenters. The van der Waals surface area contributed by atoms with Gasteiger partial charge in [-0.25, -0.2) is 0 Å². The molecule has 2 amide bonds. The summed E-state index contributed by atoms with van der Waals surface area (Å²) in [4.78, 5) is 27.5. The van der Waals surface area contributed by atoms with E-state index < -0.39 is 0 Å². The Bertz CT molecular complexity index is 933. The van der Waals surface area contributed by atoms with Crippen molar-refractivity contribution in [3.05, 3.63) is 82.0 Å². The second-order valence-electron chi connectivity index (χ2n) is 6.20. The maximum absolute atomic E-state index is 12.9. The number of para-hydroxylation sites is 1. The zero-order chi connectivity index (χ0) is 17.9. The minimum atomic E-state index is -0.135. The summed E-state index contributed by atoms with van der Waals surface area (Å²) < 4.78 is 0. The van der Waals surface area contributed by atoms with Crippen molar-refractivity contribution in [3.8, 4) is 0 Å². The maximum Gasteiger partial charge on any atom is 0.265 e. The van der Waals surface area contributed by atoms with Crippen molar-refractivity contribution in [1.29, 1.82) is 0 Å². The molecule has 0 saturated heterocycles. The van der Waals surface area contributed by atoms with Crippen molar-refractivity contribution < 1.29 is 9.59 Å². The fourth-order valence-corrected chi connectivity index (χ4v) is 3.82. The van der Waals surface area contributed by atoms with Crippen LogP contribution in [0.1, 0.15) is 32.0 Å². The predicted molar refractivity (Wildman–Crippen MR) is 105 cm³/mol. The number of carbonyl (C=O) groups excluding carboxylic acids is 2. The van der Waals surface area contributed by atoms with E-state index in [4.69, 9.17) is 0 Å². The number of carbonyl (C=O) groups is 2. The molecule has 1 aliphatic heterocycles. The molecular formula is C21H18N2O2S. The Kier molecular flexibility index (Phi) is 4.54. The van der Waals surface area contributed by atoms with Crippen LogP contribution in [-0.2, 0) is 6.42 Å². The molecule has 0 unspecified atom stereocenters. The molecule has 4 rings (SSSR count). The van der Waals surface area contributed by atoms with Gasteiger partial charge >= 0.3 is 0 Å². The summed E-state index contributed by atoms with van der Waals surface area (Å²) in [6.45, 7) is 0.729. The van der Waals surface area contributed by atoms with E-state index in [9.17, 15) is 9.59 Å². The van der Waals surface area contributed by atoms with E-state index in [-0.39, 0.29) is 11.8 Å². The summed E-state index contributed by atoms with van der Waals surface area (Å²) >= 11 is 1.40. The number of amides is 2. The SMILES string of the molecule is O=C(Nc1ccc(C(=O)N2CCCc3ccccc32)cc1)c1cccs1. The number of nitrogens with zero attached hydrogens (tertiary/aromatic N) is 1. The normalized spacial score (nSPS) is 13.2. The highest BCUT2D eigenvalue weighted by Gasteiger charge is 2.23. The van der Waals surface area contributed by atoms with Gasteiger partial charge < -0.3 is 10.2 Å². The first kappa shape index (κ1) is 16.5. The third-order valence-corrected chi connectivity index (χ3v) is 5.36. The van der Waals surface area contributed by atoms with Crippen LogP contribution in [-0.4, -0.2) is 18.4 Å². The van der Waals surface area contributed by atoms with Crippen LogP contribution < -0.4 is 10.2 Å². The average Bonchev–Trinajstić information content (AvgIpc) is 3.23. The number of rotatable bonds is 3. The number of thiophene rings is 1. The lowest BCUT2D eigenvalue weighted by Gasteiger charge is -2.29. The molecule has 0 fully saturated rings. The Morgan fingerprint density at radius 3 is 2.54 bits per heavy atom. The topological polar surface area (TPSA) is 49.4 Å². The highest BCUT2D eigenvalue weighted by molar-refractivity contribution is 7.12. The van der Waals surface area contributed by atoms with E-state index in [0.717, 1.165) is 25.1 Å². The zero-order valence-corrected chi connectivity index (χ0v) is 15.0. The van der Waals surface area contributed by atoms with Gasteiger partial charge in [0.15, 0.2) is 0 Å². The highest BCUT2D eigenvalue weighted by Crippen LogP contribution is 2.28. The average molecular weight is 362 g/mol. The van der Waals surface area contributed by atoms with Crippen LogP contribution in [0.15, 0.2) is 66.0 Å². The van der Waals surface area contributed by atoms with E-state index >= 15 is 0 Å². The summed E-state index contributed by atoms with van der Waals surface area (Å²) in [5, 5.41) is 4.72. The van der Waals surface area contributed by atoms with Crippen molar-refractivity contribution in [2.24, 2.45) is 0 Å². The smallest absolute Gasteiger partial charge is 0.265 e. The molecule has 130 valence electrons. The minimum Gasteiger partial charge on any atom is -0.321 e. The third kappa shape index (κ3) is 3.26. The molecule has 0 aliphatic carbocycles. The lowest BCUT2D eigenvalue weighted by Crippen LogP contribution is -2.35. The Labute approximate surface area is 156 Å². The molecule has 2 heterocycles. The molecule has 5 heteroatoms. The first-order valence-corrected chi connectivity index (χ1v) is 9.45. The summed E-state index contributed by atoms with van der Waals surface area (Å²) in [6.07, 6.45) is 1.98. The van der Waals surface area contributed by atoms with Crippen LogP contribution in [0.5, 0.6) is 0 Å². The van der Waals surface area contributed by atoms with E-state index in [0.29, 0.717) is 16.1 Å². The summed E-state index contributed by atoms with van der Waals surface area (Å²) in [7, 11) is 0. The lowest BCUT2D eigenvalue weighted by atomic mass is 10.0. The quantitative estimate of drug-likeness (QED) is 0.741. The number of fused-ring (bicyclic) bond motifs is 1. The fourth-order valence-electron chi connectivity index (χ4n) is 3.20. The largest absolute Gasteiger partial charge is 0.321 e. The van der Waals surface area contributed by atoms with Gasteiger partial charge in [-0.3, -0.25) is 9.59 Å². The van der Waals surface area contributed by atoms with Crippen LogP contribution in [0, 0.1) is 0 Å². The van der Waals surface area contributed by atoms with Crippen molar-refractivity contribution in [2.45, 2.75) is 12.8 Å². The molecule has 2 aromatic carbocycles. The van der Waals surface area contributed by atoms with Gasteiger partial charge in [0.25, 0.3) is 11.8 Å². The molecule has 1 N–H and O–H groups in total. The monoisotopic (exact) mass is 362 g/mol. The third-order valence-electron chi connectivity index (χ3n) is 4.49. The van der Waals surface area contributed by atoms with Crippen LogP contribution in [0.25, 0.3) is 0 Å². The zero-order valence-electron chi connectivity index (χ0n) is 14.1. The molecule has 0 spiro atoms. The Hall–Kier alpha value is -2.92. The number of anilines is 2. The van der Waals surface area contributed by atoms with Gasteiger partial charge in [-0.1, -0.05) is 24.3 Å². The fraction of sp³-hybridized carbons (Fsp3) is 0.143. The number of aryl methyl sites for hydroxylation is 1. The molecule has 3 aromatic rings. The maximum atomic E-state index is 12.9. The standard InChI is InChI=1S/C21H18N2O2S/c24-20(19-8-4-14-26-19)22-17-11-9-16(10-12-17)21(25)23-13-3-6-15-5-1-2-7-18(15)23/h1-2,4-5,7-12,14H,3,6,13H2,(H,22,24). The molecule has 0 radical (unpaired) electrons. The number of hydrogen-bond donors (Lipinski definition) is 1. The van der Waals surface area contributed by atoms with E-state index in [1.807, 2.05) is 34.5 Å². The van der Waals surface area contributed by atoms with Gasteiger partial charge in [0.2, 0.25) is 0 Å². The Balaban J connectivity index is 1.50. The van der Waals surface area contributed by atoms with Crippen LogP contribution in [0.4, 0.5) is 11.4 Å². The van der Waals surface area contributed by atoms with Gasteiger partial charge in [0, 0.05) is 23.5 Å². The molecule has 1 aromatic heterocycles. The van der Waals surface area contributed by atoms with Gasteiger partial charge in [-0.15, -0.1) is 11.3 Å². The van der Waals surface area contributed by atoms with E-state index in [2.05, 4.69) is 11.4 Å². The molecular weight excluding hydrogens is 344 g/mol. The van der Waals surface area contributed by atoms with Gasteiger partial charge in [-0.2, -0.15) is 0 Å². The first-order valence-electron chi connectivity index (χ1n) is 8.57. The second-order valence-corrected chi connectivity index (χ2v) is 7.15. The molecule has 4 nitrogen and oxygen atoms in total. The second kappa shape index (κ2) is 7.14. The van der Waals surface area contributed by atoms with Crippen molar-refractivity contribution >= 4 is 34.5 Å². The van der Waals surface area contributed by atoms with Gasteiger partial charge in [0.05, 0.1) is 4.88 Å². The highest BCUT2D eigenvalue weighted by atomic mass is 32.1. The molecule has 26 heavy (non-hydrogen) atoms. The van der Waals surface area contributed by atoms with Gasteiger partial charge in [-0.05, 0) is 60.2 Å². The molecule has 1 aliphatic rings. The predicted octanol–water partition coefficient (Wildman–Crippen LogP) is 4.59. The van der Waals surface area contributed by atoms with Crippen molar-refractivity contribution in [3.63, 3.8) is 0 Å². The van der Waals surface area contributed by atoms with Crippen molar-refractivity contribution in [1.82, 2.24) is 0 Å². The Morgan fingerprint density at radius 1 is 0.962 bits per heavy atom. The van der Waals surface area contributed by atoms with Crippen molar-refractivity contribution in [2.75, 3.05) is 16.8 Å². The number of hydrogen-bond acceptors (Lipinski definition) is 3. The summed E-state index contributed by atoms with van der Waals surface area (Å²) in [5.74, 6) is -0.141. The number of nitrogens with one attached hydrogen (secondary N) is 1. The first-order chi connectivity index (χ1) is 12.7. The van der Waals surface area contributed by atoms with Crippen LogP contribution in [0.2, 0.25) is 0 Å². The Morgan fingerprint density at radius 2 is 1.77 bits per heavy atom. The van der Waals surface area contributed by atoms with E-state index in [1.165, 1.54) is 16.9 Å². The summed E-state index contributed by atoms with van der Waals surface area (Å²) in [6, 6.07) is 18.8. The van der Waals surface area contributed by atoms with Crippen LogP contribution >= 0.6 is 11.3 Å².